The van der Waals surface area contributed by atoms with Crippen LogP contribution in [0.2, 0.25) is 0 Å². The number of hydrogen-bond acceptors (Lipinski definition) is 6. The van der Waals surface area contributed by atoms with E-state index in [-0.39, 0.29) is 42.5 Å². The van der Waals surface area contributed by atoms with Crippen molar-refractivity contribution in [2.24, 2.45) is 0 Å². The lowest BCUT2D eigenvalue weighted by Gasteiger charge is -2.38. The molecule has 2 aliphatic rings. The first-order chi connectivity index (χ1) is 17.0. The van der Waals surface area contributed by atoms with Gasteiger partial charge in [-0.3, -0.25) is 19.3 Å². The largest absolute Gasteiger partial charge is 0.466 e. The molecule has 1 atom stereocenters. The summed E-state index contributed by atoms with van der Waals surface area (Å²) in [6, 6.07) is 8.79. The number of carbonyl (C=O) groups is 3. The second-order valence-corrected chi connectivity index (χ2v) is 9.86. The van der Waals surface area contributed by atoms with Gasteiger partial charge in [-0.2, -0.15) is 0 Å². The van der Waals surface area contributed by atoms with E-state index in [0.29, 0.717) is 45.8 Å². The lowest BCUT2D eigenvalue weighted by Crippen LogP contribution is -2.51. The Bertz CT molecular complexity index is 1050. The molecule has 3 heterocycles. The highest BCUT2D eigenvalue weighted by Crippen LogP contribution is 2.38. The Morgan fingerprint density at radius 2 is 1.71 bits per heavy atom. The summed E-state index contributed by atoms with van der Waals surface area (Å²) in [4.78, 5) is 44.0. The number of carbonyl (C=O) groups excluding carboxylic acids is 3. The number of amides is 2. The van der Waals surface area contributed by atoms with Gasteiger partial charge in [0.15, 0.2) is 0 Å². The van der Waals surface area contributed by atoms with Crippen LogP contribution in [0.5, 0.6) is 0 Å². The highest BCUT2D eigenvalue weighted by molar-refractivity contribution is 7.10. The number of benzene rings is 1. The average molecular weight is 502 g/mol. The van der Waals surface area contributed by atoms with E-state index >= 15 is 0 Å². The van der Waals surface area contributed by atoms with Crippen LogP contribution < -0.4 is 0 Å². The average Bonchev–Trinajstić information content (AvgIpc) is 3.34. The molecule has 1 aromatic heterocycles. The van der Waals surface area contributed by atoms with Gasteiger partial charge in [0, 0.05) is 57.0 Å². The summed E-state index contributed by atoms with van der Waals surface area (Å²) < 4.78 is 18.9. The van der Waals surface area contributed by atoms with E-state index in [1.165, 1.54) is 16.5 Å². The molecule has 0 saturated carbocycles. The first-order valence-corrected chi connectivity index (χ1v) is 13.1. The van der Waals surface area contributed by atoms with Crippen molar-refractivity contribution in [2.75, 3.05) is 45.9 Å². The minimum absolute atomic E-state index is 0.0534. The summed E-state index contributed by atoms with van der Waals surface area (Å²) in [5.74, 6) is -0.630. The van der Waals surface area contributed by atoms with Crippen molar-refractivity contribution in [1.82, 2.24) is 14.7 Å². The standard InChI is InChI=1S/C26H32FN3O4S/c1-2-34-25(33)7-6-23(31)28-13-15-29(16-14-28)24(32)9-12-30-11-8-22-21(10-17-35-22)26(30)19-4-3-5-20(27)18-19/h3-5,10,17-18,26H,2,6-9,11-16H2,1H3. The zero-order chi connectivity index (χ0) is 24.8. The Balaban J connectivity index is 1.30. The van der Waals surface area contributed by atoms with Crippen LogP contribution in [0, 0.1) is 5.82 Å². The van der Waals surface area contributed by atoms with Crippen LogP contribution >= 0.6 is 11.3 Å². The van der Waals surface area contributed by atoms with Gasteiger partial charge >= 0.3 is 5.97 Å². The SMILES string of the molecule is CCOC(=O)CCC(=O)N1CCN(C(=O)CCN2CCc3sccc3C2c2cccc(F)c2)CC1. The van der Waals surface area contributed by atoms with Crippen molar-refractivity contribution in [3.8, 4) is 0 Å². The van der Waals surface area contributed by atoms with Crippen LogP contribution in [-0.2, 0) is 25.5 Å². The molecule has 188 valence electrons. The van der Waals surface area contributed by atoms with Crippen molar-refractivity contribution >= 4 is 29.1 Å². The summed E-state index contributed by atoms with van der Waals surface area (Å²) >= 11 is 1.73. The van der Waals surface area contributed by atoms with E-state index in [0.717, 1.165) is 18.5 Å². The molecule has 0 bridgehead atoms. The third kappa shape index (κ3) is 6.27. The van der Waals surface area contributed by atoms with Gasteiger partial charge in [0.25, 0.3) is 0 Å². The summed E-state index contributed by atoms with van der Waals surface area (Å²) in [6.45, 7) is 5.39. The summed E-state index contributed by atoms with van der Waals surface area (Å²) in [6.07, 6.45) is 1.52. The summed E-state index contributed by atoms with van der Waals surface area (Å²) in [5.41, 5.74) is 2.11. The van der Waals surface area contributed by atoms with Gasteiger partial charge in [0.05, 0.1) is 19.1 Å². The molecule has 1 unspecified atom stereocenters. The molecule has 0 radical (unpaired) electrons. The number of ether oxygens (including phenoxy) is 1. The highest BCUT2D eigenvalue weighted by atomic mass is 32.1. The molecule has 1 fully saturated rings. The molecule has 35 heavy (non-hydrogen) atoms. The highest BCUT2D eigenvalue weighted by Gasteiger charge is 2.31. The first kappa shape index (κ1) is 25.3. The topological polar surface area (TPSA) is 70.2 Å². The zero-order valence-electron chi connectivity index (χ0n) is 20.1. The molecule has 2 aromatic rings. The molecule has 7 nitrogen and oxygen atoms in total. The van der Waals surface area contributed by atoms with E-state index in [1.54, 1.807) is 35.3 Å². The second-order valence-electron chi connectivity index (χ2n) is 8.86. The number of fused-ring (bicyclic) bond motifs is 1. The number of halogens is 1. The molecular formula is C26H32FN3O4S. The van der Waals surface area contributed by atoms with Gasteiger partial charge in [-0.25, -0.2) is 4.39 Å². The number of hydrogen-bond donors (Lipinski definition) is 0. The van der Waals surface area contributed by atoms with E-state index in [2.05, 4.69) is 16.3 Å². The molecule has 1 aromatic carbocycles. The number of thiophene rings is 1. The maximum Gasteiger partial charge on any atom is 0.306 e. The van der Waals surface area contributed by atoms with E-state index in [9.17, 15) is 18.8 Å². The van der Waals surface area contributed by atoms with Crippen LogP contribution in [0.4, 0.5) is 4.39 Å². The normalized spacial score (nSPS) is 18.3. The number of rotatable bonds is 8. The smallest absolute Gasteiger partial charge is 0.306 e. The fourth-order valence-electron chi connectivity index (χ4n) is 4.88. The Labute approximate surface area is 209 Å². The van der Waals surface area contributed by atoms with Gasteiger partial charge < -0.3 is 14.5 Å². The van der Waals surface area contributed by atoms with Crippen LogP contribution in [0.25, 0.3) is 0 Å². The minimum atomic E-state index is -0.363. The van der Waals surface area contributed by atoms with E-state index in [4.69, 9.17) is 4.74 Å². The van der Waals surface area contributed by atoms with Crippen LogP contribution in [0.1, 0.15) is 48.2 Å². The van der Waals surface area contributed by atoms with Crippen LogP contribution in [-0.4, -0.2) is 78.4 Å². The van der Waals surface area contributed by atoms with Gasteiger partial charge in [-0.1, -0.05) is 12.1 Å². The molecule has 9 heteroatoms. The number of piperazine rings is 1. The van der Waals surface area contributed by atoms with Crippen LogP contribution in [0.15, 0.2) is 35.7 Å². The van der Waals surface area contributed by atoms with Gasteiger partial charge in [-0.05, 0) is 48.1 Å². The maximum atomic E-state index is 14.0. The quantitative estimate of drug-likeness (QED) is 0.520. The molecule has 0 spiro atoms. The molecule has 1 saturated heterocycles. The Morgan fingerprint density at radius 1 is 1.00 bits per heavy atom. The second kappa shape index (κ2) is 11.8. The van der Waals surface area contributed by atoms with Crippen molar-refractivity contribution in [3.05, 3.63) is 57.5 Å². The molecule has 0 N–H and O–H groups in total. The lowest BCUT2D eigenvalue weighted by molar-refractivity contribution is -0.146. The fourth-order valence-corrected chi connectivity index (χ4v) is 5.78. The number of esters is 1. The Hall–Kier alpha value is -2.78. The molecule has 4 rings (SSSR count). The van der Waals surface area contributed by atoms with Crippen molar-refractivity contribution in [3.63, 3.8) is 0 Å². The van der Waals surface area contributed by atoms with Crippen LogP contribution in [0.3, 0.4) is 0 Å². The van der Waals surface area contributed by atoms with Gasteiger partial charge in [0.2, 0.25) is 11.8 Å². The number of nitrogens with zero attached hydrogens (tertiary/aromatic N) is 3. The van der Waals surface area contributed by atoms with Gasteiger partial charge in [-0.15, -0.1) is 11.3 Å². The molecule has 0 aliphatic carbocycles. The predicted octanol–water partition coefficient (Wildman–Crippen LogP) is 3.24. The monoisotopic (exact) mass is 501 g/mol. The van der Waals surface area contributed by atoms with E-state index < -0.39 is 0 Å². The van der Waals surface area contributed by atoms with E-state index in [1.807, 2.05) is 11.0 Å². The maximum absolute atomic E-state index is 14.0. The van der Waals surface area contributed by atoms with Crippen molar-refractivity contribution < 1.29 is 23.5 Å². The third-order valence-electron chi connectivity index (χ3n) is 6.68. The summed E-state index contributed by atoms with van der Waals surface area (Å²) in [7, 11) is 0. The molecular weight excluding hydrogens is 469 g/mol. The third-order valence-corrected chi connectivity index (χ3v) is 7.67. The molecule has 2 aliphatic heterocycles. The van der Waals surface area contributed by atoms with Crippen molar-refractivity contribution in [2.45, 2.75) is 38.6 Å². The molecule has 2 amide bonds. The zero-order valence-corrected chi connectivity index (χ0v) is 20.9. The predicted molar refractivity (Wildman–Crippen MR) is 131 cm³/mol. The summed E-state index contributed by atoms with van der Waals surface area (Å²) in [5, 5.41) is 2.08. The fraction of sp³-hybridized carbons (Fsp3) is 0.500. The Kier molecular flexibility index (Phi) is 8.51. The Morgan fingerprint density at radius 3 is 2.40 bits per heavy atom. The minimum Gasteiger partial charge on any atom is -0.466 e. The van der Waals surface area contributed by atoms with Crippen molar-refractivity contribution in [1.29, 1.82) is 0 Å². The van der Waals surface area contributed by atoms with Gasteiger partial charge in [0.1, 0.15) is 5.82 Å². The lowest BCUT2D eigenvalue weighted by atomic mass is 9.93. The first-order valence-electron chi connectivity index (χ1n) is 12.2.